The molecule has 2 heterocycles. The van der Waals surface area contributed by atoms with Crippen molar-refractivity contribution >= 4 is 24.0 Å². The van der Waals surface area contributed by atoms with E-state index in [-0.39, 0.29) is 41.7 Å². The summed E-state index contributed by atoms with van der Waals surface area (Å²) in [6.45, 7) is -0.108. The minimum Gasteiger partial charge on any atom is -0.439 e. The number of nitrogens with one attached hydrogen (secondary N) is 1. The van der Waals surface area contributed by atoms with Crippen LogP contribution in [-0.4, -0.2) is 20.9 Å². The lowest BCUT2D eigenvalue weighted by molar-refractivity contribution is -0.141. The molecule has 0 radical (unpaired) electrons. The van der Waals surface area contributed by atoms with E-state index in [1.165, 1.54) is 49.1 Å². The van der Waals surface area contributed by atoms with Crippen molar-refractivity contribution in [2.24, 2.45) is 5.73 Å². The van der Waals surface area contributed by atoms with E-state index in [9.17, 15) is 18.0 Å². The van der Waals surface area contributed by atoms with Crippen molar-refractivity contribution in [2.45, 2.75) is 12.7 Å². The van der Waals surface area contributed by atoms with Gasteiger partial charge < -0.3 is 15.8 Å². The molecule has 1 amide bonds. The van der Waals surface area contributed by atoms with Crippen LogP contribution in [0, 0.1) is 0 Å². The van der Waals surface area contributed by atoms with Crippen LogP contribution in [0.4, 0.5) is 18.9 Å². The number of carbonyl (C=O) groups excluding carboxylic acids is 1. The molecule has 0 fully saturated rings. The first kappa shape index (κ1) is 22.1. The molecule has 0 saturated carbocycles. The Morgan fingerprint density at radius 3 is 2.52 bits per heavy atom. The van der Waals surface area contributed by atoms with Crippen molar-refractivity contribution in [3.05, 3.63) is 71.9 Å². The van der Waals surface area contributed by atoms with E-state index in [1.54, 1.807) is 0 Å². The Morgan fingerprint density at radius 1 is 1.14 bits per heavy atom. The maximum absolute atomic E-state index is 13.0. The summed E-state index contributed by atoms with van der Waals surface area (Å²) in [5, 5.41) is 2.60. The van der Waals surface area contributed by atoms with Gasteiger partial charge in [-0.2, -0.15) is 13.2 Å². The minimum atomic E-state index is -4.64. The Morgan fingerprint density at radius 2 is 1.86 bits per heavy atom. The second-order valence-electron chi connectivity index (χ2n) is 5.61. The van der Waals surface area contributed by atoms with Gasteiger partial charge in [0.05, 0.1) is 18.1 Å². The third kappa shape index (κ3) is 5.87. The van der Waals surface area contributed by atoms with Crippen LogP contribution in [0.15, 0.2) is 55.1 Å². The average Bonchev–Trinajstić information content (AvgIpc) is 2.68. The topological polar surface area (TPSA) is 103 Å². The SMILES string of the molecule is Cl.NCc1cc(Oc2cccc(C(=O)Nc3cncnc3)c2)nc(C(F)(F)F)c1. The molecule has 0 unspecified atom stereocenters. The molecule has 3 aromatic rings. The molecule has 11 heteroatoms. The van der Waals surface area contributed by atoms with Crippen LogP contribution in [0.5, 0.6) is 11.6 Å². The molecule has 3 N–H and O–H groups in total. The summed E-state index contributed by atoms with van der Waals surface area (Å²) in [5.74, 6) is -0.587. The van der Waals surface area contributed by atoms with Gasteiger partial charge in [-0.3, -0.25) is 4.79 Å². The zero-order valence-corrected chi connectivity index (χ0v) is 15.5. The minimum absolute atomic E-state index is 0. The highest BCUT2D eigenvalue weighted by Crippen LogP contribution is 2.31. The Balaban J connectivity index is 0.00000300. The first-order valence-corrected chi connectivity index (χ1v) is 7.97. The monoisotopic (exact) mass is 425 g/mol. The molecular weight excluding hydrogens is 411 g/mol. The molecule has 29 heavy (non-hydrogen) atoms. The van der Waals surface area contributed by atoms with E-state index in [2.05, 4.69) is 20.3 Å². The lowest BCUT2D eigenvalue weighted by Gasteiger charge is -2.12. The van der Waals surface area contributed by atoms with Crippen LogP contribution in [-0.2, 0) is 12.7 Å². The number of hydrogen-bond donors (Lipinski definition) is 2. The van der Waals surface area contributed by atoms with Crippen LogP contribution in [0.1, 0.15) is 21.6 Å². The molecule has 0 spiro atoms. The second kappa shape index (κ2) is 9.30. The van der Waals surface area contributed by atoms with Gasteiger partial charge in [0, 0.05) is 18.2 Å². The van der Waals surface area contributed by atoms with E-state index in [1.807, 2.05) is 0 Å². The zero-order valence-electron chi connectivity index (χ0n) is 14.7. The third-order valence-corrected chi connectivity index (χ3v) is 3.52. The molecule has 1 aromatic carbocycles. The number of nitrogens with two attached hydrogens (primary N) is 1. The summed E-state index contributed by atoms with van der Waals surface area (Å²) < 4.78 is 44.4. The Labute approximate surface area is 169 Å². The summed E-state index contributed by atoms with van der Waals surface area (Å²) in [4.78, 5) is 23.3. The molecule has 152 valence electrons. The molecule has 0 saturated heterocycles. The van der Waals surface area contributed by atoms with Crippen LogP contribution < -0.4 is 15.8 Å². The number of pyridine rings is 1. The van der Waals surface area contributed by atoms with Gasteiger partial charge in [0.2, 0.25) is 5.88 Å². The molecular formula is C18H15ClF3N5O2. The Kier molecular flexibility index (Phi) is 7.08. The maximum atomic E-state index is 13.0. The van der Waals surface area contributed by atoms with Gasteiger partial charge in [-0.25, -0.2) is 15.0 Å². The van der Waals surface area contributed by atoms with Crippen LogP contribution in [0.25, 0.3) is 0 Å². The summed E-state index contributed by atoms with van der Waals surface area (Å²) in [5.41, 5.74) is 5.18. The van der Waals surface area contributed by atoms with Gasteiger partial charge >= 0.3 is 6.18 Å². The predicted molar refractivity (Wildman–Crippen MR) is 101 cm³/mol. The van der Waals surface area contributed by atoms with Crippen molar-refractivity contribution < 1.29 is 22.7 Å². The van der Waals surface area contributed by atoms with Gasteiger partial charge in [0.1, 0.15) is 17.8 Å². The smallest absolute Gasteiger partial charge is 0.433 e. The first-order chi connectivity index (χ1) is 13.3. The number of anilines is 1. The summed E-state index contributed by atoms with van der Waals surface area (Å²) in [6.07, 6.45) is -0.469. The normalized spacial score (nSPS) is 10.8. The molecule has 0 aliphatic heterocycles. The van der Waals surface area contributed by atoms with Gasteiger partial charge in [-0.1, -0.05) is 6.07 Å². The highest BCUT2D eigenvalue weighted by Gasteiger charge is 2.33. The van der Waals surface area contributed by atoms with E-state index in [0.717, 1.165) is 6.07 Å². The second-order valence-corrected chi connectivity index (χ2v) is 5.61. The molecule has 0 aliphatic rings. The molecule has 7 nitrogen and oxygen atoms in total. The van der Waals surface area contributed by atoms with Crippen LogP contribution in [0.3, 0.4) is 0 Å². The quantitative estimate of drug-likeness (QED) is 0.644. The molecule has 3 rings (SSSR count). The van der Waals surface area contributed by atoms with Gasteiger partial charge in [0.25, 0.3) is 5.91 Å². The summed E-state index contributed by atoms with van der Waals surface area (Å²) in [7, 11) is 0. The Hall–Kier alpha value is -3.24. The number of benzene rings is 1. The number of alkyl halides is 3. The lowest BCUT2D eigenvalue weighted by Crippen LogP contribution is -2.12. The third-order valence-electron chi connectivity index (χ3n) is 3.52. The molecule has 2 aromatic heterocycles. The van der Waals surface area contributed by atoms with Crippen molar-refractivity contribution in [1.82, 2.24) is 15.0 Å². The first-order valence-electron chi connectivity index (χ1n) is 7.97. The fourth-order valence-electron chi connectivity index (χ4n) is 2.26. The average molecular weight is 426 g/mol. The largest absolute Gasteiger partial charge is 0.439 e. The highest BCUT2D eigenvalue weighted by molar-refractivity contribution is 6.04. The molecule has 0 bridgehead atoms. The summed E-state index contributed by atoms with van der Waals surface area (Å²) in [6, 6.07) is 8.09. The van der Waals surface area contributed by atoms with Crippen LogP contribution in [0.2, 0.25) is 0 Å². The predicted octanol–water partition coefficient (Wildman–Crippen LogP) is 3.82. The number of ether oxygens (including phenoxy) is 1. The van der Waals surface area contributed by atoms with Crippen molar-refractivity contribution in [2.75, 3.05) is 5.32 Å². The number of hydrogen-bond acceptors (Lipinski definition) is 6. The van der Waals surface area contributed by atoms with Gasteiger partial charge in [-0.05, 0) is 29.8 Å². The number of rotatable bonds is 5. The fourth-order valence-corrected chi connectivity index (χ4v) is 2.26. The van der Waals surface area contributed by atoms with Crippen molar-refractivity contribution in [3.8, 4) is 11.6 Å². The van der Waals surface area contributed by atoms with Gasteiger partial charge in [0.15, 0.2) is 0 Å². The summed E-state index contributed by atoms with van der Waals surface area (Å²) >= 11 is 0. The number of amides is 1. The standard InChI is InChI=1S/C18H14F3N5O2.ClH/c19-18(20,21)15-4-11(7-22)5-16(26-15)28-14-3-1-2-12(6-14)17(27)25-13-8-23-10-24-9-13;/h1-6,8-10H,7,22H2,(H,25,27);1H. The Bertz CT molecular complexity index is 987. The van der Waals surface area contributed by atoms with E-state index >= 15 is 0 Å². The number of nitrogens with zero attached hydrogens (tertiary/aromatic N) is 3. The van der Waals surface area contributed by atoms with E-state index in [0.29, 0.717) is 5.69 Å². The highest BCUT2D eigenvalue weighted by atomic mass is 35.5. The number of carbonyl (C=O) groups is 1. The molecule has 0 atom stereocenters. The van der Waals surface area contributed by atoms with E-state index < -0.39 is 17.8 Å². The molecule has 0 aliphatic carbocycles. The van der Waals surface area contributed by atoms with Crippen molar-refractivity contribution in [1.29, 1.82) is 0 Å². The van der Waals surface area contributed by atoms with Crippen LogP contribution >= 0.6 is 12.4 Å². The van der Waals surface area contributed by atoms with E-state index in [4.69, 9.17) is 10.5 Å². The fraction of sp³-hybridized carbons (Fsp3) is 0.111. The number of halogens is 4. The number of aromatic nitrogens is 3. The van der Waals surface area contributed by atoms with Gasteiger partial charge in [-0.15, -0.1) is 12.4 Å². The lowest BCUT2D eigenvalue weighted by atomic mass is 10.2. The zero-order chi connectivity index (χ0) is 20.1. The maximum Gasteiger partial charge on any atom is 0.433 e. The van der Waals surface area contributed by atoms with Crippen molar-refractivity contribution in [3.63, 3.8) is 0 Å².